The maximum absolute atomic E-state index is 11.5. The molecule has 96 valence electrons. The van der Waals surface area contributed by atoms with Crippen LogP contribution in [0.2, 0.25) is 0 Å². The lowest BCUT2D eigenvalue weighted by Crippen LogP contribution is -2.17. The Morgan fingerprint density at radius 1 is 1.37 bits per heavy atom. The van der Waals surface area contributed by atoms with Crippen LogP contribution in [-0.4, -0.2) is 32.0 Å². The zero-order chi connectivity index (χ0) is 13.6. The number of thioether (sulfide) groups is 1. The minimum absolute atomic E-state index is 0.132. The molecule has 1 aliphatic heterocycles. The van der Waals surface area contributed by atoms with Crippen LogP contribution in [-0.2, 0) is 9.59 Å². The number of benzene rings is 1. The summed E-state index contributed by atoms with van der Waals surface area (Å²) in [7, 11) is 0. The summed E-state index contributed by atoms with van der Waals surface area (Å²) < 4.78 is 0.766. The van der Waals surface area contributed by atoms with Crippen LogP contribution in [0, 0.1) is 0 Å². The summed E-state index contributed by atoms with van der Waals surface area (Å²) >= 11 is 2.12. The van der Waals surface area contributed by atoms with Gasteiger partial charge in [-0.3, -0.25) is 9.79 Å². The van der Waals surface area contributed by atoms with E-state index in [4.69, 9.17) is 5.11 Å². The fourth-order valence-corrected chi connectivity index (χ4v) is 3.61. The number of hydrogen-bond donors (Lipinski definition) is 2. The van der Waals surface area contributed by atoms with Crippen LogP contribution < -0.4 is 0 Å². The van der Waals surface area contributed by atoms with Gasteiger partial charge in [-0.2, -0.15) is 0 Å². The van der Waals surface area contributed by atoms with Crippen molar-refractivity contribution in [3.63, 3.8) is 0 Å². The molecule has 0 fully saturated rings. The Kier molecular flexibility index (Phi) is 2.76. The van der Waals surface area contributed by atoms with Crippen molar-refractivity contribution in [3.05, 3.63) is 23.2 Å². The Morgan fingerprint density at radius 3 is 2.84 bits per heavy atom. The van der Waals surface area contributed by atoms with Crippen LogP contribution >= 0.6 is 23.1 Å². The van der Waals surface area contributed by atoms with E-state index < -0.39 is 22.2 Å². The molecule has 0 saturated carbocycles. The van der Waals surface area contributed by atoms with E-state index in [1.54, 1.807) is 12.1 Å². The van der Waals surface area contributed by atoms with E-state index in [1.165, 1.54) is 17.4 Å². The van der Waals surface area contributed by atoms with Gasteiger partial charge in [0.05, 0.1) is 10.2 Å². The molecule has 8 heteroatoms. The van der Waals surface area contributed by atoms with Crippen molar-refractivity contribution in [2.75, 3.05) is 0 Å². The van der Waals surface area contributed by atoms with Crippen LogP contribution in [0.25, 0.3) is 10.2 Å². The number of aliphatic carboxylic acids is 1. The van der Waals surface area contributed by atoms with Gasteiger partial charge in [0.2, 0.25) is 5.12 Å². The Morgan fingerprint density at radius 2 is 2.16 bits per heavy atom. The Hall–Kier alpha value is -1.93. The lowest BCUT2D eigenvalue weighted by atomic mass is 10.3. The van der Waals surface area contributed by atoms with E-state index in [0.29, 0.717) is 10.5 Å². The molecule has 0 aliphatic carbocycles. The molecule has 2 N–H and O–H groups in total. The van der Waals surface area contributed by atoms with Crippen molar-refractivity contribution in [1.29, 1.82) is 0 Å². The number of phenolic OH excluding ortho intramolecular Hbond substituents is 1. The molecule has 1 aliphatic rings. The molecule has 1 atom stereocenters. The van der Waals surface area contributed by atoms with E-state index in [0.717, 1.165) is 16.5 Å². The summed E-state index contributed by atoms with van der Waals surface area (Å²) in [6.07, 6.45) is 0. The number of fused-ring (bicyclic) bond motifs is 1. The number of carbonyl (C=O) groups is 2. The minimum atomic E-state index is -1.32. The first kappa shape index (κ1) is 12.1. The summed E-state index contributed by atoms with van der Waals surface area (Å²) in [5.74, 6) is -1.19. The third-order valence-corrected chi connectivity index (χ3v) is 4.64. The lowest BCUT2D eigenvalue weighted by Gasteiger charge is -1.97. The molecule has 0 bridgehead atoms. The van der Waals surface area contributed by atoms with Gasteiger partial charge in [0.25, 0.3) is 0 Å². The normalized spacial score (nSPS) is 18.8. The quantitative estimate of drug-likeness (QED) is 0.876. The van der Waals surface area contributed by atoms with Gasteiger partial charge in [0, 0.05) is 0 Å². The predicted molar refractivity (Wildman–Crippen MR) is 71.7 cm³/mol. The topological polar surface area (TPSA) is 99.8 Å². The number of rotatable bonds is 2. The number of carboxylic acids is 1. The number of hydrogen-bond acceptors (Lipinski definition) is 7. The van der Waals surface area contributed by atoms with Gasteiger partial charge in [-0.25, -0.2) is 9.78 Å². The van der Waals surface area contributed by atoms with Gasteiger partial charge in [0.1, 0.15) is 10.8 Å². The molecule has 0 amide bonds. The molecule has 0 radical (unpaired) electrons. The van der Waals surface area contributed by atoms with E-state index in [9.17, 15) is 14.7 Å². The van der Waals surface area contributed by atoms with Crippen molar-refractivity contribution >= 4 is 50.1 Å². The number of aromatic nitrogens is 1. The zero-order valence-corrected chi connectivity index (χ0v) is 10.9. The maximum Gasteiger partial charge on any atom is 0.358 e. The van der Waals surface area contributed by atoms with Gasteiger partial charge < -0.3 is 10.2 Å². The van der Waals surface area contributed by atoms with Gasteiger partial charge >= 0.3 is 5.97 Å². The monoisotopic (exact) mass is 294 g/mol. The minimum Gasteiger partial charge on any atom is -0.508 e. The summed E-state index contributed by atoms with van der Waals surface area (Å²) in [5, 5.41) is 17.6. The highest BCUT2D eigenvalue weighted by Crippen LogP contribution is 2.40. The third-order valence-electron chi connectivity index (χ3n) is 2.46. The Balaban J connectivity index is 2.02. The van der Waals surface area contributed by atoms with Gasteiger partial charge in [-0.15, -0.1) is 11.3 Å². The first-order chi connectivity index (χ1) is 9.04. The highest BCUT2D eigenvalue weighted by molar-refractivity contribution is 8.16. The zero-order valence-electron chi connectivity index (χ0n) is 9.23. The van der Waals surface area contributed by atoms with E-state index in [2.05, 4.69) is 9.98 Å². The third kappa shape index (κ3) is 2.08. The molecule has 3 rings (SSSR count). The lowest BCUT2D eigenvalue weighted by molar-refractivity contribution is -0.129. The standard InChI is InChI=1S/C11H6N2O4S2/c14-4-1-2-5-6(3-4)18-8(12-5)9-13-7(10(15)16)11(17)19-9/h1-3,9,14H,(H,15,16). The van der Waals surface area contributed by atoms with Crippen LogP contribution in [0.15, 0.2) is 23.2 Å². The fraction of sp³-hybridized carbons (Fsp3) is 0.0909. The first-order valence-corrected chi connectivity index (χ1v) is 6.86. The number of phenols is 1. The summed E-state index contributed by atoms with van der Waals surface area (Å²) in [6.45, 7) is 0. The van der Waals surface area contributed by atoms with Crippen LogP contribution in [0.3, 0.4) is 0 Å². The Bertz CT molecular complexity index is 737. The molecule has 2 heterocycles. The molecule has 2 aromatic rings. The molecule has 0 saturated heterocycles. The van der Waals surface area contributed by atoms with Gasteiger partial charge in [-0.1, -0.05) is 0 Å². The molecule has 1 unspecified atom stereocenters. The van der Waals surface area contributed by atoms with Crippen molar-refractivity contribution in [1.82, 2.24) is 4.98 Å². The number of thiazole rings is 1. The summed E-state index contributed by atoms with van der Waals surface area (Å²) in [4.78, 5) is 30.4. The van der Waals surface area contributed by atoms with Crippen molar-refractivity contribution in [3.8, 4) is 5.75 Å². The van der Waals surface area contributed by atoms with Crippen molar-refractivity contribution in [2.45, 2.75) is 5.37 Å². The molecule has 0 spiro atoms. The van der Waals surface area contributed by atoms with Crippen molar-refractivity contribution in [2.24, 2.45) is 4.99 Å². The van der Waals surface area contributed by atoms with Crippen molar-refractivity contribution < 1.29 is 19.8 Å². The average Bonchev–Trinajstić information content (AvgIpc) is 2.91. The second kappa shape index (κ2) is 4.32. The molecule has 1 aromatic carbocycles. The number of carboxylic acid groups (broad SMARTS) is 1. The second-order valence-electron chi connectivity index (χ2n) is 3.74. The van der Waals surface area contributed by atoms with Crippen LogP contribution in [0.5, 0.6) is 5.75 Å². The highest BCUT2D eigenvalue weighted by Gasteiger charge is 2.34. The van der Waals surface area contributed by atoms with Gasteiger partial charge in [0.15, 0.2) is 11.1 Å². The molecule has 1 aromatic heterocycles. The second-order valence-corrected chi connectivity index (χ2v) is 5.86. The van der Waals surface area contributed by atoms with Gasteiger partial charge in [-0.05, 0) is 30.0 Å². The number of carbonyl (C=O) groups excluding carboxylic acids is 1. The van der Waals surface area contributed by atoms with E-state index in [1.807, 2.05) is 0 Å². The number of aliphatic imine (C=N–C) groups is 1. The number of aromatic hydroxyl groups is 1. The summed E-state index contributed by atoms with van der Waals surface area (Å²) in [6, 6.07) is 4.75. The smallest absolute Gasteiger partial charge is 0.358 e. The van der Waals surface area contributed by atoms with Crippen LogP contribution in [0.1, 0.15) is 10.4 Å². The molecular formula is C11H6N2O4S2. The first-order valence-electron chi connectivity index (χ1n) is 5.16. The SMILES string of the molecule is O=C(O)C1=NC(c2nc3ccc(O)cc3s2)SC1=O. The number of nitrogens with zero attached hydrogens (tertiary/aromatic N) is 2. The highest BCUT2D eigenvalue weighted by atomic mass is 32.2. The average molecular weight is 294 g/mol. The molecular weight excluding hydrogens is 288 g/mol. The maximum atomic E-state index is 11.5. The van der Waals surface area contributed by atoms with E-state index in [-0.39, 0.29) is 5.75 Å². The Labute approximate surface area is 114 Å². The molecule has 6 nitrogen and oxygen atoms in total. The van der Waals surface area contributed by atoms with Crippen LogP contribution in [0.4, 0.5) is 0 Å². The fourth-order valence-electron chi connectivity index (χ4n) is 1.64. The molecule has 19 heavy (non-hydrogen) atoms. The predicted octanol–water partition coefficient (Wildman–Crippen LogP) is 1.80. The largest absolute Gasteiger partial charge is 0.508 e. The summed E-state index contributed by atoms with van der Waals surface area (Å²) in [5.41, 5.74) is 0.238. The van der Waals surface area contributed by atoms with E-state index >= 15 is 0 Å².